The van der Waals surface area contributed by atoms with E-state index in [4.69, 9.17) is 4.74 Å². The number of carbonyl (C=O) groups is 2. The Bertz CT molecular complexity index is 267. The van der Waals surface area contributed by atoms with Crippen LogP contribution in [0, 0.1) is 0 Å². The Morgan fingerprint density at radius 2 is 1.64 bits per heavy atom. The molecule has 0 spiro atoms. The molecule has 0 saturated carbocycles. The van der Waals surface area contributed by atoms with E-state index in [2.05, 4.69) is 13.8 Å². The summed E-state index contributed by atoms with van der Waals surface area (Å²) in [6.45, 7) is 10.5. The highest BCUT2D eigenvalue weighted by atomic mass is 16.5. The van der Waals surface area contributed by atoms with E-state index >= 15 is 0 Å². The fraction of sp³-hybridized carbons (Fsp3) is 0.889. The first-order valence-electron chi connectivity index (χ1n) is 6.89. The van der Waals surface area contributed by atoms with Crippen LogP contribution in [0.25, 0.3) is 0 Å². The minimum absolute atomic E-state index is 0. The first kappa shape index (κ1) is 32.8. The summed E-state index contributed by atoms with van der Waals surface area (Å²) in [5.74, 6) is 0.147. The molecule has 0 radical (unpaired) electrons. The number of hydrogen-bond donors (Lipinski definition) is 0. The standard InChI is InChI=1S/C8H15NO.C6H12O2.4CH4/c1-3-7(2)9-6-4-5-8(9)10;1-4-5(2)8-6(3)7;;;;/h7H,3-6H2,1-2H3;5H,4H2,1-3H3;4*1H4. The first-order valence-corrected chi connectivity index (χ1v) is 6.89. The Balaban J connectivity index is -0.0000000756. The highest BCUT2D eigenvalue weighted by molar-refractivity contribution is 5.78. The maximum absolute atomic E-state index is 11.1. The first-order chi connectivity index (χ1) is 8.42. The molecule has 4 heteroatoms. The lowest BCUT2D eigenvalue weighted by atomic mass is 10.2. The van der Waals surface area contributed by atoms with Crippen LogP contribution in [0.2, 0.25) is 0 Å². The van der Waals surface area contributed by atoms with E-state index in [-0.39, 0.29) is 41.8 Å². The number of nitrogens with zero attached hydrogens (tertiary/aromatic N) is 1. The number of esters is 1. The Labute approximate surface area is 140 Å². The highest BCUT2D eigenvalue weighted by Gasteiger charge is 2.23. The topological polar surface area (TPSA) is 46.6 Å². The van der Waals surface area contributed by atoms with Crippen molar-refractivity contribution in [2.24, 2.45) is 0 Å². The van der Waals surface area contributed by atoms with E-state index in [0.29, 0.717) is 11.9 Å². The summed E-state index contributed by atoms with van der Waals surface area (Å²) in [5, 5.41) is 0. The molecule has 0 N–H and O–H groups in total. The predicted molar refractivity (Wildman–Crippen MR) is 99.1 cm³/mol. The molecule has 22 heavy (non-hydrogen) atoms. The molecule has 1 aliphatic rings. The smallest absolute Gasteiger partial charge is 0.302 e. The third-order valence-electron chi connectivity index (χ3n) is 3.17. The molecule has 1 amide bonds. The number of likely N-dealkylation sites (tertiary alicyclic amines) is 1. The van der Waals surface area contributed by atoms with E-state index in [1.54, 1.807) is 0 Å². The maximum atomic E-state index is 11.1. The van der Waals surface area contributed by atoms with Crippen LogP contribution >= 0.6 is 0 Å². The molecule has 2 atom stereocenters. The summed E-state index contributed by atoms with van der Waals surface area (Å²) >= 11 is 0. The lowest BCUT2D eigenvalue weighted by Gasteiger charge is -2.22. The maximum Gasteiger partial charge on any atom is 0.302 e. The van der Waals surface area contributed by atoms with Gasteiger partial charge in [-0.25, -0.2) is 0 Å². The molecule has 0 aliphatic carbocycles. The van der Waals surface area contributed by atoms with Crippen molar-refractivity contribution in [1.29, 1.82) is 0 Å². The van der Waals surface area contributed by atoms with Gasteiger partial charge in [0.15, 0.2) is 0 Å². The molecule has 1 aliphatic heterocycles. The van der Waals surface area contributed by atoms with Gasteiger partial charge in [-0.2, -0.15) is 0 Å². The quantitative estimate of drug-likeness (QED) is 0.660. The molecule has 1 fully saturated rings. The summed E-state index contributed by atoms with van der Waals surface area (Å²) in [7, 11) is 0. The zero-order chi connectivity index (χ0) is 14.1. The molecular weight excluding hydrogens is 278 g/mol. The van der Waals surface area contributed by atoms with Gasteiger partial charge in [0.1, 0.15) is 0 Å². The number of rotatable bonds is 4. The molecule has 0 aromatic heterocycles. The third-order valence-corrected chi connectivity index (χ3v) is 3.17. The zero-order valence-electron chi connectivity index (χ0n) is 12.4. The lowest BCUT2D eigenvalue weighted by molar-refractivity contribution is -0.145. The van der Waals surface area contributed by atoms with Crippen molar-refractivity contribution in [2.75, 3.05) is 6.54 Å². The van der Waals surface area contributed by atoms with Crippen molar-refractivity contribution in [3.05, 3.63) is 0 Å². The van der Waals surface area contributed by atoms with Crippen molar-refractivity contribution in [3.8, 4) is 0 Å². The molecule has 0 bridgehead atoms. The van der Waals surface area contributed by atoms with E-state index in [1.165, 1.54) is 6.92 Å². The van der Waals surface area contributed by atoms with Gasteiger partial charge in [0.25, 0.3) is 0 Å². The van der Waals surface area contributed by atoms with Crippen molar-refractivity contribution in [2.45, 2.75) is 102 Å². The molecule has 1 heterocycles. The molecule has 138 valence electrons. The van der Waals surface area contributed by atoms with Crippen LogP contribution in [0.4, 0.5) is 0 Å². The normalized spacial score (nSPS) is 14.6. The minimum atomic E-state index is -0.195. The van der Waals surface area contributed by atoms with Gasteiger partial charge in [0.05, 0.1) is 6.10 Å². The number of ether oxygens (including phenoxy) is 1. The fourth-order valence-corrected chi connectivity index (χ4v) is 1.72. The molecule has 0 aromatic carbocycles. The van der Waals surface area contributed by atoms with Gasteiger partial charge in [-0.3, -0.25) is 9.59 Å². The van der Waals surface area contributed by atoms with E-state index in [9.17, 15) is 9.59 Å². The van der Waals surface area contributed by atoms with Crippen LogP contribution in [0.5, 0.6) is 0 Å². The van der Waals surface area contributed by atoms with Crippen molar-refractivity contribution >= 4 is 11.9 Å². The Kier molecular flexibility index (Phi) is 26.8. The predicted octanol–water partition coefficient (Wildman–Crippen LogP) is 5.30. The van der Waals surface area contributed by atoms with Gasteiger partial charge >= 0.3 is 5.97 Å². The van der Waals surface area contributed by atoms with Crippen LogP contribution in [0.1, 0.15) is 90.0 Å². The Hall–Kier alpha value is -1.06. The van der Waals surface area contributed by atoms with Gasteiger partial charge in [-0.15, -0.1) is 0 Å². The molecular formula is C18H43NO3. The van der Waals surface area contributed by atoms with E-state index < -0.39 is 0 Å². The van der Waals surface area contributed by atoms with E-state index in [1.807, 2.05) is 18.7 Å². The average Bonchev–Trinajstić information content (AvgIpc) is 2.74. The van der Waals surface area contributed by atoms with Gasteiger partial charge in [-0.1, -0.05) is 43.6 Å². The second kappa shape index (κ2) is 18.0. The molecule has 1 rings (SSSR count). The second-order valence-corrected chi connectivity index (χ2v) is 4.78. The monoisotopic (exact) mass is 321 g/mol. The third kappa shape index (κ3) is 13.9. The van der Waals surface area contributed by atoms with Crippen molar-refractivity contribution in [1.82, 2.24) is 4.90 Å². The van der Waals surface area contributed by atoms with Crippen molar-refractivity contribution in [3.63, 3.8) is 0 Å². The largest absolute Gasteiger partial charge is 0.463 e. The summed E-state index contributed by atoms with van der Waals surface area (Å²) < 4.78 is 4.76. The second-order valence-electron chi connectivity index (χ2n) is 4.78. The van der Waals surface area contributed by atoms with Gasteiger partial charge in [0.2, 0.25) is 5.91 Å². The highest BCUT2D eigenvalue weighted by Crippen LogP contribution is 2.14. The summed E-state index contributed by atoms with van der Waals surface area (Å²) in [6.07, 6.45) is 3.87. The van der Waals surface area contributed by atoms with Gasteiger partial charge in [-0.05, 0) is 33.1 Å². The Morgan fingerprint density at radius 1 is 1.14 bits per heavy atom. The van der Waals surface area contributed by atoms with Gasteiger partial charge < -0.3 is 9.64 Å². The zero-order valence-corrected chi connectivity index (χ0v) is 12.4. The molecule has 1 saturated heterocycles. The van der Waals surface area contributed by atoms with Crippen LogP contribution in [-0.2, 0) is 14.3 Å². The SMILES string of the molecule is C.C.C.C.CCC(C)N1CCCC1=O.CCC(C)OC(C)=O. The molecule has 4 nitrogen and oxygen atoms in total. The molecule has 2 unspecified atom stereocenters. The fourth-order valence-electron chi connectivity index (χ4n) is 1.72. The lowest BCUT2D eigenvalue weighted by Crippen LogP contribution is -2.33. The minimum Gasteiger partial charge on any atom is -0.463 e. The van der Waals surface area contributed by atoms with Crippen LogP contribution in [-0.4, -0.2) is 35.5 Å². The Morgan fingerprint density at radius 3 is 1.86 bits per heavy atom. The van der Waals surface area contributed by atoms with Crippen LogP contribution in [0.3, 0.4) is 0 Å². The summed E-state index contributed by atoms with van der Waals surface area (Å²) in [6, 6.07) is 0.454. The van der Waals surface area contributed by atoms with Crippen molar-refractivity contribution < 1.29 is 14.3 Å². The van der Waals surface area contributed by atoms with Gasteiger partial charge in [0, 0.05) is 25.9 Å². The average molecular weight is 322 g/mol. The number of carbonyl (C=O) groups excluding carboxylic acids is 2. The van der Waals surface area contributed by atoms with Crippen LogP contribution in [0.15, 0.2) is 0 Å². The van der Waals surface area contributed by atoms with Crippen LogP contribution < -0.4 is 0 Å². The summed E-state index contributed by atoms with van der Waals surface area (Å²) in [4.78, 5) is 23.3. The number of hydrogen-bond acceptors (Lipinski definition) is 3. The molecule has 0 aromatic rings. The number of amides is 1. The summed E-state index contributed by atoms with van der Waals surface area (Å²) in [5.41, 5.74) is 0. The van der Waals surface area contributed by atoms with E-state index in [0.717, 1.165) is 32.2 Å².